The molecular formula is C19H31IN4O3S. The van der Waals surface area contributed by atoms with Crippen LogP contribution in [-0.4, -0.2) is 87.7 Å². The number of halogens is 1. The van der Waals surface area contributed by atoms with Crippen LogP contribution in [0.25, 0.3) is 0 Å². The average molecular weight is 522 g/mol. The van der Waals surface area contributed by atoms with Gasteiger partial charge in [-0.1, -0.05) is 30.3 Å². The van der Waals surface area contributed by atoms with Crippen LogP contribution in [0.5, 0.6) is 0 Å². The van der Waals surface area contributed by atoms with Crippen LogP contribution in [0.2, 0.25) is 0 Å². The van der Waals surface area contributed by atoms with Crippen LogP contribution in [0.3, 0.4) is 0 Å². The Labute approximate surface area is 185 Å². The Kier molecular flexibility index (Phi) is 8.97. The first-order valence-electron chi connectivity index (χ1n) is 9.57. The molecule has 2 heterocycles. The normalized spacial score (nSPS) is 23.2. The third-order valence-electron chi connectivity index (χ3n) is 5.00. The predicted molar refractivity (Wildman–Crippen MR) is 123 cm³/mol. The number of ether oxygens (including phenoxy) is 1. The Bertz CT molecular complexity index is 745. The molecule has 2 saturated heterocycles. The minimum absolute atomic E-state index is 0. The maximum absolute atomic E-state index is 11.4. The van der Waals surface area contributed by atoms with E-state index < -0.39 is 9.84 Å². The Morgan fingerprint density at radius 3 is 2.71 bits per heavy atom. The number of guanidine groups is 1. The Hall–Kier alpha value is -0.910. The second kappa shape index (κ2) is 10.7. The minimum Gasteiger partial charge on any atom is -0.373 e. The third-order valence-corrected chi connectivity index (χ3v) is 5.93. The molecule has 7 nitrogen and oxygen atoms in total. The molecule has 1 aromatic rings. The lowest BCUT2D eigenvalue weighted by molar-refractivity contribution is -0.0502. The predicted octanol–water partition coefficient (Wildman–Crippen LogP) is 1.20. The Morgan fingerprint density at radius 1 is 1.29 bits per heavy atom. The van der Waals surface area contributed by atoms with Gasteiger partial charge in [0.25, 0.3) is 0 Å². The SMILES string of the molecule is CCNC(=NCCS(C)(=O)=O)N1CC2OCCN(Cc3ccccc3)C2C1.I. The number of hydrogen-bond donors (Lipinski definition) is 1. The summed E-state index contributed by atoms with van der Waals surface area (Å²) < 4.78 is 28.8. The lowest BCUT2D eigenvalue weighted by atomic mass is 10.1. The first-order valence-corrected chi connectivity index (χ1v) is 11.6. The van der Waals surface area contributed by atoms with Gasteiger partial charge in [-0.25, -0.2) is 8.42 Å². The molecule has 9 heteroatoms. The molecule has 158 valence electrons. The van der Waals surface area contributed by atoms with E-state index in [1.165, 1.54) is 11.8 Å². The molecule has 28 heavy (non-hydrogen) atoms. The summed E-state index contributed by atoms with van der Waals surface area (Å²) in [7, 11) is -3.01. The number of likely N-dealkylation sites (tertiary alicyclic amines) is 1. The van der Waals surface area contributed by atoms with Crippen molar-refractivity contribution in [1.82, 2.24) is 15.1 Å². The first kappa shape index (κ1) is 23.4. The van der Waals surface area contributed by atoms with Gasteiger partial charge in [0, 0.05) is 39.0 Å². The molecule has 2 unspecified atom stereocenters. The van der Waals surface area contributed by atoms with Gasteiger partial charge in [-0.2, -0.15) is 0 Å². The van der Waals surface area contributed by atoms with Crippen LogP contribution >= 0.6 is 24.0 Å². The van der Waals surface area contributed by atoms with Crippen molar-refractivity contribution in [3.63, 3.8) is 0 Å². The summed E-state index contributed by atoms with van der Waals surface area (Å²) in [5.41, 5.74) is 1.31. The third kappa shape index (κ3) is 6.57. The fourth-order valence-corrected chi connectivity index (χ4v) is 4.11. The topological polar surface area (TPSA) is 74.2 Å². The molecule has 0 saturated carbocycles. The lowest BCUT2D eigenvalue weighted by Crippen LogP contribution is -2.50. The zero-order valence-corrected chi connectivity index (χ0v) is 19.7. The fraction of sp³-hybridized carbons (Fsp3) is 0.632. The van der Waals surface area contributed by atoms with E-state index in [4.69, 9.17) is 4.74 Å². The van der Waals surface area contributed by atoms with Crippen LogP contribution in [-0.2, 0) is 21.1 Å². The zero-order valence-electron chi connectivity index (χ0n) is 16.6. The van der Waals surface area contributed by atoms with E-state index in [1.807, 2.05) is 13.0 Å². The number of aliphatic imine (C=N–C) groups is 1. The van der Waals surface area contributed by atoms with Gasteiger partial charge in [0.05, 0.1) is 31.1 Å². The number of nitrogens with zero attached hydrogens (tertiary/aromatic N) is 3. The van der Waals surface area contributed by atoms with Gasteiger partial charge in [0.2, 0.25) is 0 Å². The van der Waals surface area contributed by atoms with Crippen LogP contribution < -0.4 is 5.32 Å². The maximum Gasteiger partial charge on any atom is 0.194 e. The van der Waals surface area contributed by atoms with Crippen molar-refractivity contribution < 1.29 is 13.2 Å². The second-order valence-electron chi connectivity index (χ2n) is 7.20. The van der Waals surface area contributed by atoms with Gasteiger partial charge in [-0.05, 0) is 12.5 Å². The molecule has 0 spiro atoms. The smallest absolute Gasteiger partial charge is 0.194 e. The van der Waals surface area contributed by atoms with E-state index in [-0.39, 0.29) is 42.4 Å². The van der Waals surface area contributed by atoms with E-state index in [2.05, 4.69) is 44.4 Å². The van der Waals surface area contributed by atoms with E-state index in [0.717, 1.165) is 45.3 Å². The zero-order chi connectivity index (χ0) is 19.3. The molecule has 0 radical (unpaired) electrons. The van der Waals surface area contributed by atoms with Gasteiger partial charge < -0.3 is 15.0 Å². The van der Waals surface area contributed by atoms with Gasteiger partial charge in [0.1, 0.15) is 9.84 Å². The number of nitrogens with one attached hydrogen (secondary N) is 1. The van der Waals surface area contributed by atoms with E-state index >= 15 is 0 Å². The molecule has 0 aromatic heterocycles. The molecule has 1 aromatic carbocycles. The molecule has 2 aliphatic rings. The molecule has 2 atom stereocenters. The van der Waals surface area contributed by atoms with Gasteiger partial charge in [-0.3, -0.25) is 9.89 Å². The van der Waals surface area contributed by atoms with E-state index in [9.17, 15) is 8.42 Å². The highest BCUT2D eigenvalue weighted by atomic mass is 127. The summed E-state index contributed by atoms with van der Waals surface area (Å²) in [5.74, 6) is 0.845. The van der Waals surface area contributed by atoms with Crippen LogP contribution in [0, 0.1) is 0 Å². The summed E-state index contributed by atoms with van der Waals surface area (Å²) >= 11 is 0. The molecule has 0 bridgehead atoms. The van der Waals surface area contributed by atoms with Crippen LogP contribution in [0.1, 0.15) is 12.5 Å². The summed E-state index contributed by atoms with van der Waals surface area (Å²) in [6.45, 7) is 7.24. The quantitative estimate of drug-likeness (QED) is 0.344. The van der Waals surface area contributed by atoms with Crippen molar-refractivity contribution in [3.8, 4) is 0 Å². The number of morpholine rings is 1. The Balaban J connectivity index is 0.00000280. The highest BCUT2D eigenvalue weighted by Crippen LogP contribution is 2.24. The number of hydrogen-bond acceptors (Lipinski definition) is 5. The molecule has 2 aliphatic heterocycles. The van der Waals surface area contributed by atoms with E-state index in [0.29, 0.717) is 6.04 Å². The molecule has 0 amide bonds. The van der Waals surface area contributed by atoms with E-state index in [1.54, 1.807) is 0 Å². The van der Waals surface area contributed by atoms with Gasteiger partial charge in [0.15, 0.2) is 5.96 Å². The lowest BCUT2D eigenvalue weighted by Gasteiger charge is -2.36. The van der Waals surface area contributed by atoms with Crippen molar-refractivity contribution >= 4 is 39.8 Å². The monoisotopic (exact) mass is 522 g/mol. The summed E-state index contributed by atoms with van der Waals surface area (Å²) in [6.07, 6.45) is 1.40. The standard InChI is InChI=1S/C19H30N4O3S.HI/c1-3-20-19(21-9-12-27(2,24)25)23-14-17-18(15-23)26-11-10-22(17)13-16-7-5-4-6-8-16;/h4-8,17-18H,3,9-15H2,1-2H3,(H,20,21);1H. The van der Waals surface area contributed by atoms with Gasteiger partial charge in [-0.15, -0.1) is 24.0 Å². The Morgan fingerprint density at radius 2 is 2.04 bits per heavy atom. The van der Waals surface area contributed by atoms with Crippen molar-refractivity contribution in [2.45, 2.75) is 25.6 Å². The minimum atomic E-state index is -3.01. The fourth-order valence-electron chi connectivity index (χ4n) is 3.69. The highest BCUT2D eigenvalue weighted by molar-refractivity contribution is 14.0. The second-order valence-corrected chi connectivity index (χ2v) is 9.46. The average Bonchev–Trinajstić information content (AvgIpc) is 3.06. The molecule has 3 rings (SSSR count). The van der Waals surface area contributed by atoms with Crippen molar-refractivity contribution in [1.29, 1.82) is 0 Å². The number of rotatable bonds is 6. The van der Waals surface area contributed by atoms with Gasteiger partial charge >= 0.3 is 0 Å². The largest absolute Gasteiger partial charge is 0.373 e. The molecule has 0 aliphatic carbocycles. The number of benzene rings is 1. The molecule has 1 N–H and O–H groups in total. The molecular weight excluding hydrogens is 491 g/mol. The van der Waals surface area contributed by atoms with Crippen molar-refractivity contribution in [2.75, 3.05) is 51.3 Å². The van der Waals surface area contributed by atoms with Crippen molar-refractivity contribution in [3.05, 3.63) is 35.9 Å². The first-order chi connectivity index (χ1) is 13.0. The summed E-state index contributed by atoms with van der Waals surface area (Å²) in [4.78, 5) is 9.21. The van der Waals surface area contributed by atoms with Crippen molar-refractivity contribution in [2.24, 2.45) is 4.99 Å². The van der Waals surface area contributed by atoms with Crippen LogP contribution in [0.4, 0.5) is 0 Å². The van der Waals surface area contributed by atoms with Crippen LogP contribution in [0.15, 0.2) is 35.3 Å². The number of fused-ring (bicyclic) bond motifs is 1. The summed E-state index contributed by atoms with van der Waals surface area (Å²) in [5, 5.41) is 3.29. The molecule has 2 fully saturated rings. The summed E-state index contributed by atoms with van der Waals surface area (Å²) in [6, 6.07) is 10.8. The number of sulfone groups is 1. The highest BCUT2D eigenvalue weighted by Gasteiger charge is 2.41. The maximum atomic E-state index is 11.4.